The molecule has 1 N–H and O–H groups in total. The molecular formula is C19H22O4. The van der Waals surface area contributed by atoms with Crippen LogP contribution in [0, 0.1) is 6.92 Å². The van der Waals surface area contributed by atoms with Gasteiger partial charge in [0.15, 0.2) is 0 Å². The van der Waals surface area contributed by atoms with E-state index in [-0.39, 0.29) is 0 Å². The first-order valence-electron chi connectivity index (χ1n) is 7.64. The summed E-state index contributed by atoms with van der Waals surface area (Å²) in [5.41, 5.74) is 2.66. The van der Waals surface area contributed by atoms with Gasteiger partial charge in [-0.05, 0) is 55.2 Å². The van der Waals surface area contributed by atoms with E-state index in [1.54, 1.807) is 7.11 Å². The molecule has 0 bridgehead atoms. The molecule has 0 fully saturated rings. The number of hydrogen-bond donors (Lipinski definition) is 1. The van der Waals surface area contributed by atoms with E-state index in [2.05, 4.69) is 0 Å². The Morgan fingerprint density at radius 3 is 2.61 bits per heavy atom. The largest absolute Gasteiger partial charge is 0.497 e. The third kappa shape index (κ3) is 4.25. The molecule has 23 heavy (non-hydrogen) atoms. The molecule has 0 saturated heterocycles. The zero-order valence-electron chi connectivity index (χ0n) is 13.7. The summed E-state index contributed by atoms with van der Waals surface area (Å²) in [5.74, 6) is 0.0872. The second-order valence-corrected chi connectivity index (χ2v) is 5.40. The lowest BCUT2D eigenvalue weighted by molar-refractivity contribution is -0.138. The number of carbonyl (C=O) groups is 1. The Labute approximate surface area is 136 Å². The lowest BCUT2D eigenvalue weighted by Crippen LogP contribution is -2.15. The molecule has 0 aliphatic heterocycles. The molecule has 0 aliphatic carbocycles. The number of aryl methyl sites for hydroxylation is 1. The van der Waals surface area contributed by atoms with Crippen molar-refractivity contribution in [3.05, 3.63) is 59.2 Å². The van der Waals surface area contributed by atoms with Crippen LogP contribution in [0.4, 0.5) is 0 Å². The predicted molar refractivity (Wildman–Crippen MR) is 89.4 cm³/mol. The highest BCUT2D eigenvalue weighted by Gasteiger charge is 2.21. The third-order valence-corrected chi connectivity index (χ3v) is 3.77. The molecule has 0 heterocycles. The lowest BCUT2D eigenvalue weighted by atomic mass is 9.91. The maximum Gasteiger partial charge on any atom is 0.311 e. The molecule has 0 aliphatic rings. The number of carboxylic acids is 1. The average Bonchev–Trinajstić information content (AvgIpc) is 2.54. The summed E-state index contributed by atoms with van der Waals surface area (Å²) in [5, 5.41) is 9.62. The van der Waals surface area contributed by atoms with Crippen molar-refractivity contribution in [2.75, 3.05) is 13.7 Å². The molecule has 4 nitrogen and oxygen atoms in total. The van der Waals surface area contributed by atoms with Crippen LogP contribution in [0.1, 0.15) is 29.5 Å². The van der Waals surface area contributed by atoms with E-state index in [1.165, 1.54) is 0 Å². The summed E-state index contributed by atoms with van der Waals surface area (Å²) in [4.78, 5) is 11.7. The molecule has 0 amide bonds. The van der Waals surface area contributed by atoms with Crippen molar-refractivity contribution in [3.8, 4) is 11.5 Å². The van der Waals surface area contributed by atoms with Gasteiger partial charge in [-0.25, -0.2) is 0 Å². The van der Waals surface area contributed by atoms with Crippen molar-refractivity contribution in [3.63, 3.8) is 0 Å². The van der Waals surface area contributed by atoms with Gasteiger partial charge >= 0.3 is 5.97 Å². The Morgan fingerprint density at radius 2 is 2.00 bits per heavy atom. The maximum atomic E-state index is 11.7. The summed E-state index contributed by atoms with van der Waals surface area (Å²) in [7, 11) is 1.60. The second-order valence-electron chi connectivity index (χ2n) is 5.40. The minimum atomic E-state index is -0.837. The quantitative estimate of drug-likeness (QED) is 0.844. The Kier molecular flexibility index (Phi) is 5.63. The molecule has 2 aromatic rings. The monoisotopic (exact) mass is 314 g/mol. The van der Waals surface area contributed by atoms with Crippen LogP contribution >= 0.6 is 0 Å². The molecule has 0 saturated carbocycles. The third-order valence-electron chi connectivity index (χ3n) is 3.77. The van der Waals surface area contributed by atoms with Crippen molar-refractivity contribution in [2.24, 2.45) is 0 Å². The maximum absolute atomic E-state index is 11.7. The molecule has 4 heteroatoms. The van der Waals surface area contributed by atoms with Gasteiger partial charge in [0, 0.05) is 0 Å². The Morgan fingerprint density at radius 1 is 1.22 bits per heavy atom. The van der Waals surface area contributed by atoms with E-state index in [1.807, 2.05) is 56.3 Å². The second kappa shape index (κ2) is 7.68. The summed E-state index contributed by atoms with van der Waals surface area (Å²) in [6.45, 7) is 4.45. The smallest absolute Gasteiger partial charge is 0.311 e. The van der Waals surface area contributed by atoms with Crippen LogP contribution in [-0.4, -0.2) is 24.8 Å². The number of methoxy groups -OCH3 is 1. The van der Waals surface area contributed by atoms with Crippen molar-refractivity contribution in [1.29, 1.82) is 0 Å². The van der Waals surface area contributed by atoms with Crippen LogP contribution in [0.25, 0.3) is 0 Å². The molecule has 1 unspecified atom stereocenters. The number of rotatable bonds is 7. The van der Waals surface area contributed by atoms with Crippen LogP contribution in [-0.2, 0) is 11.2 Å². The standard InChI is InChI=1S/C19H22O4/c1-4-23-18-9-8-15(10-13(18)2)17(19(20)21)12-14-6-5-7-16(11-14)22-3/h5-11,17H,4,12H2,1-3H3,(H,20,21). The fourth-order valence-corrected chi connectivity index (χ4v) is 2.59. The molecule has 2 aromatic carbocycles. The number of ether oxygens (including phenoxy) is 2. The fourth-order valence-electron chi connectivity index (χ4n) is 2.59. The molecule has 0 radical (unpaired) electrons. The van der Waals surface area contributed by atoms with Crippen LogP contribution in [0.2, 0.25) is 0 Å². The van der Waals surface area contributed by atoms with Crippen LogP contribution in [0.3, 0.4) is 0 Å². The van der Waals surface area contributed by atoms with Gasteiger partial charge < -0.3 is 14.6 Å². The molecule has 1 atom stereocenters. The highest BCUT2D eigenvalue weighted by Crippen LogP contribution is 2.27. The summed E-state index contributed by atoms with van der Waals surface area (Å²) in [6, 6.07) is 13.1. The van der Waals surface area contributed by atoms with Crippen molar-refractivity contribution >= 4 is 5.97 Å². The Hall–Kier alpha value is -2.49. The zero-order valence-corrected chi connectivity index (χ0v) is 13.7. The van der Waals surface area contributed by atoms with Gasteiger partial charge in [0.25, 0.3) is 0 Å². The predicted octanol–water partition coefficient (Wildman–Crippen LogP) is 3.81. The number of carboxylic acid groups (broad SMARTS) is 1. The SMILES string of the molecule is CCOc1ccc(C(Cc2cccc(OC)c2)C(=O)O)cc1C. The van der Waals surface area contributed by atoms with E-state index < -0.39 is 11.9 Å². The topological polar surface area (TPSA) is 55.8 Å². The lowest BCUT2D eigenvalue weighted by Gasteiger charge is -2.16. The average molecular weight is 314 g/mol. The van der Waals surface area contributed by atoms with E-state index in [0.29, 0.717) is 13.0 Å². The zero-order chi connectivity index (χ0) is 16.8. The van der Waals surface area contributed by atoms with Gasteiger partial charge in [-0.1, -0.05) is 24.3 Å². The molecule has 0 spiro atoms. The molecule has 0 aromatic heterocycles. The first kappa shape index (κ1) is 16.9. The summed E-state index contributed by atoms with van der Waals surface area (Å²) < 4.78 is 10.7. The van der Waals surface area contributed by atoms with E-state index >= 15 is 0 Å². The van der Waals surface area contributed by atoms with Gasteiger partial charge in [-0.2, -0.15) is 0 Å². The first-order chi connectivity index (χ1) is 11.0. The summed E-state index contributed by atoms with van der Waals surface area (Å²) in [6.07, 6.45) is 0.417. The van der Waals surface area contributed by atoms with Gasteiger partial charge in [-0.3, -0.25) is 4.79 Å². The normalized spacial score (nSPS) is 11.8. The van der Waals surface area contributed by atoms with Gasteiger partial charge in [0.05, 0.1) is 19.6 Å². The Balaban J connectivity index is 2.27. The summed E-state index contributed by atoms with van der Waals surface area (Å²) >= 11 is 0. The van der Waals surface area contributed by atoms with Crippen molar-refractivity contribution in [2.45, 2.75) is 26.2 Å². The van der Waals surface area contributed by atoms with E-state index in [0.717, 1.165) is 28.2 Å². The fraction of sp³-hybridized carbons (Fsp3) is 0.316. The molecule has 122 valence electrons. The van der Waals surface area contributed by atoms with Crippen LogP contribution in [0.5, 0.6) is 11.5 Å². The first-order valence-corrected chi connectivity index (χ1v) is 7.64. The van der Waals surface area contributed by atoms with Gasteiger partial charge in [-0.15, -0.1) is 0 Å². The van der Waals surface area contributed by atoms with Crippen molar-refractivity contribution < 1.29 is 19.4 Å². The Bertz CT molecular complexity index is 679. The van der Waals surface area contributed by atoms with E-state index in [9.17, 15) is 9.90 Å². The highest BCUT2D eigenvalue weighted by atomic mass is 16.5. The minimum Gasteiger partial charge on any atom is -0.497 e. The molecule has 2 rings (SSSR count). The highest BCUT2D eigenvalue weighted by molar-refractivity contribution is 5.76. The van der Waals surface area contributed by atoms with Gasteiger partial charge in [0.2, 0.25) is 0 Å². The molecular weight excluding hydrogens is 292 g/mol. The number of hydrogen-bond acceptors (Lipinski definition) is 3. The van der Waals surface area contributed by atoms with E-state index in [4.69, 9.17) is 9.47 Å². The van der Waals surface area contributed by atoms with Crippen molar-refractivity contribution in [1.82, 2.24) is 0 Å². The van der Waals surface area contributed by atoms with Gasteiger partial charge in [0.1, 0.15) is 11.5 Å². The van der Waals surface area contributed by atoms with Crippen LogP contribution in [0.15, 0.2) is 42.5 Å². The number of benzene rings is 2. The van der Waals surface area contributed by atoms with Crippen LogP contribution < -0.4 is 9.47 Å². The minimum absolute atomic E-state index is 0.417. The number of aliphatic carboxylic acids is 1.